The lowest BCUT2D eigenvalue weighted by atomic mass is 10.1. The van der Waals surface area contributed by atoms with Crippen LogP contribution < -0.4 is 9.47 Å². The van der Waals surface area contributed by atoms with E-state index in [0.29, 0.717) is 35.8 Å². The van der Waals surface area contributed by atoms with E-state index in [2.05, 4.69) is 0 Å². The van der Waals surface area contributed by atoms with Gasteiger partial charge >= 0.3 is 0 Å². The molecule has 28 heavy (non-hydrogen) atoms. The standard InChI is InChI=1S/C24H22O4/c1-17(25)21-7-3-5-9-23(21)27-15-19-11-13-20(14-12-19)16-28-24-10-6-4-8-22(24)18(2)26/h3-14H,15-16H2,1-2H3. The molecule has 0 aliphatic carbocycles. The minimum atomic E-state index is -0.0195. The van der Waals surface area contributed by atoms with Crippen LogP contribution in [0, 0.1) is 0 Å². The number of para-hydroxylation sites is 2. The van der Waals surface area contributed by atoms with Crippen LogP contribution in [0.25, 0.3) is 0 Å². The Morgan fingerprint density at radius 1 is 0.607 bits per heavy atom. The number of benzene rings is 3. The van der Waals surface area contributed by atoms with Gasteiger partial charge in [-0.2, -0.15) is 0 Å². The predicted octanol–water partition coefficient (Wildman–Crippen LogP) is 5.25. The van der Waals surface area contributed by atoms with Gasteiger partial charge in [0.05, 0.1) is 11.1 Å². The minimum Gasteiger partial charge on any atom is -0.488 e. The fraction of sp³-hybridized carbons (Fsp3) is 0.167. The molecule has 0 aliphatic heterocycles. The number of carbonyl (C=O) groups excluding carboxylic acids is 2. The number of carbonyl (C=O) groups is 2. The summed E-state index contributed by atoms with van der Waals surface area (Å²) in [7, 11) is 0. The Morgan fingerprint density at radius 2 is 0.964 bits per heavy atom. The molecule has 0 fully saturated rings. The molecule has 0 saturated carbocycles. The van der Waals surface area contributed by atoms with Gasteiger partial charge in [-0.3, -0.25) is 9.59 Å². The molecular formula is C24H22O4. The number of hydrogen-bond donors (Lipinski definition) is 0. The molecule has 4 nitrogen and oxygen atoms in total. The molecule has 0 amide bonds. The van der Waals surface area contributed by atoms with Gasteiger partial charge in [0.15, 0.2) is 11.6 Å². The first-order chi connectivity index (χ1) is 13.5. The smallest absolute Gasteiger partial charge is 0.163 e. The van der Waals surface area contributed by atoms with E-state index in [4.69, 9.17) is 9.47 Å². The number of ether oxygens (including phenoxy) is 2. The Bertz CT molecular complexity index is 893. The first kappa shape index (κ1) is 19.4. The molecule has 0 radical (unpaired) electrons. The lowest BCUT2D eigenvalue weighted by Gasteiger charge is -2.11. The molecule has 0 spiro atoms. The molecule has 0 bridgehead atoms. The van der Waals surface area contributed by atoms with Crippen molar-refractivity contribution in [3.8, 4) is 11.5 Å². The summed E-state index contributed by atoms with van der Waals surface area (Å²) in [6, 6.07) is 22.3. The topological polar surface area (TPSA) is 52.6 Å². The summed E-state index contributed by atoms with van der Waals surface area (Å²) in [4.78, 5) is 23.3. The van der Waals surface area contributed by atoms with Gasteiger partial charge < -0.3 is 9.47 Å². The van der Waals surface area contributed by atoms with E-state index in [1.54, 1.807) is 24.3 Å². The van der Waals surface area contributed by atoms with Crippen molar-refractivity contribution in [3.63, 3.8) is 0 Å². The van der Waals surface area contributed by atoms with Crippen molar-refractivity contribution in [2.45, 2.75) is 27.1 Å². The van der Waals surface area contributed by atoms with Gasteiger partial charge in [-0.25, -0.2) is 0 Å². The normalized spacial score (nSPS) is 10.4. The maximum atomic E-state index is 11.7. The SMILES string of the molecule is CC(=O)c1ccccc1OCc1ccc(COc2ccccc2C(C)=O)cc1. The molecule has 0 N–H and O–H groups in total. The molecule has 3 aromatic rings. The van der Waals surface area contributed by atoms with Gasteiger partial charge in [-0.05, 0) is 49.2 Å². The average Bonchev–Trinajstić information content (AvgIpc) is 2.71. The van der Waals surface area contributed by atoms with Crippen LogP contribution in [0.1, 0.15) is 45.7 Å². The molecule has 3 rings (SSSR count). The third-order valence-electron chi connectivity index (χ3n) is 4.34. The molecule has 0 unspecified atom stereocenters. The predicted molar refractivity (Wildman–Crippen MR) is 108 cm³/mol. The Labute approximate surface area is 164 Å². The molecule has 0 aromatic heterocycles. The van der Waals surface area contributed by atoms with Gasteiger partial charge in [-0.1, -0.05) is 48.5 Å². The van der Waals surface area contributed by atoms with Crippen molar-refractivity contribution in [3.05, 3.63) is 95.1 Å². The monoisotopic (exact) mass is 374 g/mol. The largest absolute Gasteiger partial charge is 0.488 e. The number of Topliss-reactive ketones (excluding diaryl/α,β-unsaturated/α-hetero) is 2. The summed E-state index contributed by atoms with van der Waals surface area (Å²) < 4.78 is 11.6. The molecular weight excluding hydrogens is 352 g/mol. The molecule has 142 valence electrons. The second-order valence-electron chi connectivity index (χ2n) is 6.50. The van der Waals surface area contributed by atoms with E-state index in [1.807, 2.05) is 48.5 Å². The Balaban J connectivity index is 1.60. The quantitative estimate of drug-likeness (QED) is 0.505. The van der Waals surface area contributed by atoms with Gasteiger partial charge in [0.1, 0.15) is 24.7 Å². The molecule has 0 atom stereocenters. The van der Waals surface area contributed by atoms with Gasteiger partial charge in [0.25, 0.3) is 0 Å². The third-order valence-corrected chi connectivity index (χ3v) is 4.34. The maximum absolute atomic E-state index is 11.7. The Hall–Kier alpha value is -3.40. The van der Waals surface area contributed by atoms with Crippen LogP contribution in [-0.4, -0.2) is 11.6 Å². The fourth-order valence-corrected chi connectivity index (χ4v) is 2.82. The first-order valence-corrected chi connectivity index (χ1v) is 9.08. The number of rotatable bonds is 8. The lowest BCUT2D eigenvalue weighted by Crippen LogP contribution is -2.03. The molecule has 3 aromatic carbocycles. The van der Waals surface area contributed by atoms with Crippen LogP contribution in [-0.2, 0) is 13.2 Å². The zero-order chi connectivity index (χ0) is 19.9. The molecule has 0 saturated heterocycles. The lowest BCUT2D eigenvalue weighted by molar-refractivity contribution is 0.1000. The van der Waals surface area contributed by atoms with Gasteiger partial charge in [0.2, 0.25) is 0 Å². The van der Waals surface area contributed by atoms with Crippen molar-refractivity contribution >= 4 is 11.6 Å². The molecule has 0 heterocycles. The summed E-state index contributed by atoms with van der Waals surface area (Å²) in [6.07, 6.45) is 0. The van der Waals surface area contributed by atoms with Crippen LogP contribution >= 0.6 is 0 Å². The van der Waals surface area contributed by atoms with E-state index < -0.39 is 0 Å². The Morgan fingerprint density at radius 3 is 1.32 bits per heavy atom. The van der Waals surface area contributed by atoms with Crippen LogP contribution in [0.4, 0.5) is 0 Å². The van der Waals surface area contributed by atoms with E-state index in [1.165, 1.54) is 13.8 Å². The fourth-order valence-electron chi connectivity index (χ4n) is 2.82. The van der Waals surface area contributed by atoms with Crippen molar-refractivity contribution in [1.29, 1.82) is 0 Å². The summed E-state index contributed by atoms with van der Waals surface area (Å²) in [5.41, 5.74) is 3.14. The highest BCUT2D eigenvalue weighted by Crippen LogP contribution is 2.21. The van der Waals surface area contributed by atoms with Crippen LogP contribution in [0.2, 0.25) is 0 Å². The van der Waals surface area contributed by atoms with Crippen molar-refractivity contribution < 1.29 is 19.1 Å². The van der Waals surface area contributed by atoms with Crippen LogP contribution in [0.3, 0.4) is 0 Å². The van der Waals surface area contributed by atoms with Crippen LogP contribution in [0.15, 0.2) is 72.8 Å². The second kappa shape index (κ2) is 9.00. The highest BCUT2D eigenvalue weighted by atomic mass is 16.5. The number of ketones is 2. The van der Waals surface area contributed by atoms with E-state index in [0.717, 1.165) is 11.1 Å². The second-order valence-corrected chi connectivity index (χ2v) is 6.50. The molecule has 0 aliphatic rings. The van der Waals surface area contributed by atoms with Crippen LogP contribution in [0.5, 0.6) is 11.5 Å². The highest BCUT2D eigenvalue weighted by Gasteiger charge is 2.09. The summed E-state index contributed by atoms with van der Waals surface area (Å²) in [6.45, 7) is 3.81. The zero-order valence-corrected chi connectivity index (χ0v) is 16.0. The van der Waals surface area contributed by atoms with Gasteiger partial charge in [0, 0.05) is 0 Å². The van der Waals surface area contributed by atoms with Crippen molar-refractivity contribution in [1.82, 2.24) is 0 Å². The zero-order valence-electron chi connectivity index (χ0n) is 16.0. The van der Waals surface area contributed by atoms with Crippen molar-refractivity contribution in [2.24, 2.45) is 0 Å². The van der Waals surface area contributed by atoms with E-state index in [-0.39, 0.29) is 11.6 Å². The van der Waals surface area contributed by atoms with E-state index in [9.17, 15) is 9.59 Å². The third kappa shape index (κ3) is 4.86. The summed E-state index contributed by atoms with van der Waals surface area (Å²) >= 11 is 0. The highest BCUT2D eigenvalue weighted by molar-refractivity contribution is 5.97. The maximum Gasteiger partial charge on any atom is 0.163 e. The minimum absolute atomic E-state index is 0.0195. The average molecular weight is 374 g/mol. The first-order valence-electron chi connectivity index (χ1n) is 9.08. The number of hydrogen-bond acceptors (Lipinski definition) is 4. The summed E-state index contributed by atoms with van der Waals surface area (Å²) in [5.74, 6) is 1.13. The molecule has 4 heteroatoms. The van der Waals surface area contributed by atoms with Crippen molar-refractivity contribution in [2.75, 3.05) is 0 Å². The van der Waals surface area contributed by atoms with Gasteiger partial charge in [-0.15, -0.1) is 0 Å². The Kier molecular flexibility index (Phi) is 6.22. The van der Waals surface area contributed by atoms with E-state index >= 15 is 0 Å². The summed E-state index contributed by atoms with van der Waals surface area (Å²) in [5, 5.41) is 0.